The summed E-state index contributed by atoms with van der Waals surface area (Å²) in [6.07, 6.45) is -3.56. The van der Waals surface area contributed by atoms with Crippen LogP contribution in [0.3, 0.4) is 0 Å². The minimum atomic E-state index is -4.30. The first kappa shape index (κ1) is 7.32. The van der Waals surface area contributed by atoms with Crippen molar-refractivity contribution in [3.05, 3.63) is 35.4 Å². The highest BCUT2D eigenvalue weighted by Crippen LogP contribution is 2.47. The van der Waals surface area contributed by atoms with E-state index in [2.05, 4.69) is 0 Å². The molecular weight excluding hydrogens is 189 g/mol. The molecule has 0 nitrogen and oxygen atoms in total. The molecule has 3 heteroatoms. The summed E-state index contributed by atoms with van der Waals surface area (Å²) in [6, 6.07) is 5.03. The van der Waals surface area contributed by atoms with Crippen molar-refractivity contribution in [2.75, 3.05) is 0 Å². The lowest BCUT2D eigenvalue weighted by Crippen LogP contribution is -2.04. The van der Waals surface area contributed by atoms with E-state index >= 15 is 0 Å². The maximum atomic E-state index is 12.3. The van der Waals surface area contributed by atoms with E-state index < -0.39 is 18.6 Å². The average Bonchev–Trinajstić information content (AvgIpc) is 2.96. The molecule has 76 valence electrons. The summed E-state index contributed by atoms with van der Waals surface area (Å²) in [5, 5.41) is 0. The zero-order valence-corrected chi connectivity index (χ0v) is 7.38. The summed E-state index contributed by atoms with van der Waals surface area (Å²) in [6.45, 7) is -0.882. The molecule has 0 amide bonds. The molecule has 1 aliphatic carbocycles. The Balaban J connectivity index is 2.10. The van der Waals surface area contributed by atoms with E-state index in [0.717, 1.165) is 24.1 Å². The maximum absolute atomic E-state index is 12.3. The first-order chi connectivity index (χ1) is 7.39. The molecule has 0 spiro atoms. The Labute approximate surface area is 83.6 Å². The van der Waals surface area contributed by atoms with Gasteiger partial charge >= 0.3 is 6.18 Å². The molecule has 1 aliphatic rings. The Morgan fingerprint density at radius 2 is 1.93 bits per heavy atom. The van der Waals surface area contributed by atoms with Crippen LogP contribution in [0, 0.1) is 5.92 Å². The summed E-state index contributed by atoms with van der Waals surface area (Å²) in [7, 11) is 0. The zero-order valence-electron chi connectivity index (χ0n) is 9.38. The Morgan fingerprint density at radius 3 is 2.36 bits per heavy atom. The molecule has 2 rings (SSSR count). The summed E-state index contributed by atoms with van der Waals surface area (Å²) in [4.78, 5) is 0. The number of rotatable bonds is 1. The molecule has 0 heterocycles. The fourth-order valence-electron chi connectivity index (χ4n) is 1.52. The molecule has 0 N–H and O–H groups in total. The van der Waals surface area contributed by atoms with Crippen LogP contribution in [0.4, 0.5) is 13.2 Å². The predicted molar refractivity (Wildman–Crippen MR) is 48.0 cm³/mol. The van der Waals surface area contributed by atoms with Crippen molar-refractivity contribution in [2.45, 2.75) is 25.4 Å². The van der Waals surface area contributed by atoms with Crippen molar-refractivity contribution in [1.29, 1.82) is 0 Å². The second-order valence-corrected chi connectivity index (χ2v) is 3.63. The third-order valence-corrected chi connectivity index (χ3v) is 2.51. The molecule has 0 aromatic heterocycles. The second-order valence-electron chi connectivity index (χ2n) is 3.63. The first-order valence-corrected chi connectivity index (χ1v) is 4.41. The van der Waals surface area contributed by atoms with E-state index in [9.17, 15) is 13.2 Å². The van der Waals surface area contributed by atoms with Crippen LogP contribution in [0.2, 0.25) is 0 Å². The summed E-state index contributed by atoms with van der Waals surface area (Å²) >= 11 is 0. The zero-order chi connectivity index (χ0) is 11.9. The van der Waals surface area contributed by atoms with Crippen molar-refractivity contribution in [3.63, 3.8) is 0 Å². The Hall–Kier alpha value is -0.990. The topological polar surface area (TPSA) is 0 Å². The highest BCUT2D eigenvalue weighted by molar-refractivity contribution is 5.30. The van der Waals surface area contributed by atoms with Crippen LogP contribution in [-0.2, 0) is 6.18 Å². The number of hydrogen-bond donors (Lipinski definition) is 0. The van der Waals surface area contributed by atoms with Crippen molar-refractivity contribution in [3.8, 4) is 0 Å². The summed E-state index contributed by atoms with van der Waals surface area (Å²) in [5.74, 6) is 0.0824. The van der Waals surface area contributed by atoms with Crippen LogP contribution in [0.5, 0.6) is 0 Å². The Morgan fingerprint density at radius 1 is 1.29 bits per heavy atom. The van der Waals surface area contributed by atoms with Crippen molar-refractivity contribution in [2.24, 2.45) is 5.92 Å². The molecule has 1 aromatic carbocycles. The molecular formula is C11H11F3. The van der Waals surface area contributed by atoms with Gasteiger partial charge in [0.25, 0.3) is 0 Å². The largest absolute Gasteiger partial charge is 0.416 e. The second kappa shape index (κ2) is 3.01. The van der Waals surface area contributed by atoms with Gasteiger partial charge in [-0.05, 0) is 36.0 Å². The number of hydrogen-bond acceptors (Lipinski definition) is 0. The third kappa shape index (κ3) is 1.76. The molecule has 1 saturated carbocycles. The van der Waals surface area contributed by atoms with E-state index in [0.29, 0.717) is 0 Å². The normalized spacial score (nSPS) is 28.6. The van der Waals surface area contributed by atoms with Gasteiger partial charge in [-0.1, -0.05) is 19.0 Å². The maximum Gasteiger partial charge on any atom is 0.416 e. The molecule has 0 aliphatic heterocycles. The highest BCUT2D eigenvalue weighted by Gasteiger charge is 2.35. The van der Waals surface area contributed by atoms with Crippen LogP contribution in [0.15, 0.2) is 24.3 Å². The van der Waals surface area contributed by atoms with Gasteiger partial charge in [0.15, 0.2) is 0 Å². The molecule has 0 saturated heterocycles. The van der Waals surface area contributed by atoms with Crippen molar-refractivity contribution < 1.29 is 15.9 Å². The van der Waals surface area contributed by atoms with Gasteiger partial charge in [0.1, 0.15) is 0 Å². The van der Waals surface area contributed by atoms with Gasteiger partial charge in [-0.15, -0.1) is 0 Å². The van der Waals surface area contributed by atoms with E-state index in [1.165, 1.54) is 12.1 Å². The lowest BCUT2D eigenvalue weighted by atomic mass is 10.1. The standard InChI is InChI=1S/C11H11F3/c1-7-6-10(7)8-2-4-9(5-3-8)11(12,13)14/h2-5,7,10H,6H2,1H3/i1D2. The van der Waals surface area contributed by atoms with Gasteiger partial charge in [-0.25, -0.2) is 0 Å². The number of alkyl halides is 3. The SMILES string of the molecule is [2H]C([2H])C1CC1c1ccc(C(F)(F)F)cc1. The molecule has 2 atom stereocenters. The quantitative estimate of drug-likeness (QED) is 0.649. The molecule has 14 heavy (non-hydrogen) atoms. The van der Waals surface area contributed by atoms with Crippen molar-refractivity contribution in [1.82, 2.24) is 0 Å². The lowest BCUT2D eigenvalue weighted by Gasteiger charge is -2.06. The van der Waals surface area contributed by atoms with Gasteiger partial charge in [-0.3, -0.25) is 0 Å². The summed E-state index contributed by atoms with van der Waals surface area (Å²) in [5.41, 5.74) is 0.157. The number of halogens is 3. The van der Waals surface area contributed by atoms with Gasteiger partial charge in [0, 0.05) is 2.74 Å². The van der Waals surface area contributed by atoms with Crippen LogP contribution < -0.4 is 0 Å². The van der Waals surface area contributed by atoms with E-state index in [-0.39, 0.29) is 11.8 Å². The van der Waals surface area contributed by atoms with Crippen LogP contribution >= 0.6 is 0 Å². The van der Waals surface area contributed by atoms with Crippen LogP contribution in [-0.4, -0.2) is 0 Å². The molecule has 0 radical (unpaired) electrons. The monoisotopic (exact) mass is 202 g/mol. The smallest absolute Gasteiger partial charge is 0.166 e. The minimum Gasteiger partial charge on any atom is -0.166 e. The highest BCUT2D eigenvalue weighted by atomic mass is 19.4. The van der Waals surface area contributed by atoms with Gasteiger partial charge < -0.3 is 0 Å². The van der Waals surface area contributed by atoms with Gasteiger partial charge in [0.2, 0.25) is 0 Å². The fourth-order valence-corrected chi connectivity index (χ4v) is 1.52. The Bertz CT molecular complexity index is 370. The van der Waals surface area contributed by atoms with Crippen LogP contribution in [0.25, 0.3) is 0 Å². The molecule has 2 unspecified atom stereocenters. The van der Waals surface area contributed by atoms with E-state index in [1.54, 1.807) is 0 Å². The van der Waals surface area contributed by atoms with Gasteiger partial charge in [0.05, 0.1) is 5.56 Å². The van der Waals surface area contributed by atoms with E-state index in [4.69, 9.17) is 2.74 Å². The first-order valence-electron chi connectivity index (χ1n) is 5.56. The van der Waals surface area contributed by atoms with E-state index in [1.807, 2.05) is 0 Å². The molecule has 0 bridgehead atoms. The van der Waals surface area contributed by atoms with Crippen LogP contribution in [0.1, 0.15) is 33.1 Å². The summed E-state index contributed by atoms with van der Waals surface area (Å²) < 4.78 is 51.2. The minimum absolute atomic E-state index is 0.0169. The fraction of sp³-hybridized carbons (Fsp3) is 0.455. The number of benzene rings is 1. The lowest BCUT2D eigenvalue weighted by molar-refractivity contribution is -0.137. The molecule has 1 fully saturated rings. The van der Waals surface area contributed by atoms with Crippen molar-refractivity contribution >= 4 is 0 Å². The Kier molecular flexibility index (Phi) is 1.57. The predicted octanol–water partition coefficient (Wildman–Crippen LogP) is 3.83. The average molecular weight is 202 g/mol. The third-order valence-electron chi connectivity index (χ3n) is 2.51. The van der Waals surface area contributed by atoms with Gasteiger partial charge in [-0.2, -0.15) is 13.2 Å². The molecule has 1 aromatic rings.